The Balaban J connectivity index is 1.38. The first-order chi connectivity index (χ1) is 14.2. The Morgan fingerprint density at radius 3 is 2.24 bits per heavy atom. The Kier molecular flexibility index (Phi) is 8.16. The van der Waals surface area contributed by atoms with Crippen molar-refractivity contribution in [3.63, 3.8) is 0 Å². The molecule has 29 heavy (non-hydrogen) atoms. The third-order valence-corrected chi connectivity index (χ3v) is 5.75. The first-order valence-corrected chi connectivity index (χ1v) is 11.0. The molecule has 7 nitrogen and oxygen atoms in total. The number of rotatable bonds is 6. The summed E-state index contributed by atoms with van der Waals surface area (Å²) >= 11 is 0. The van der Waals surface area contributed by atoms with Crippen molar-refractivity contribution in [1.82, 2.24) is 20.0 Å². The van der Waals surface area contributed by atoms with Gasteiger partial charge in [0.05, 0.1) is 0 Å². The van der Waals surface area contributed by atoms with Crippen LogP contribution in [0.15, 0.2) is 35.3 Å². The molecule has 3 rings (SSSR count). The van der Waals surface area contributed by atoms with Crippen LogP contribution >= 0.6 is 0 Å². The molecule has 1 aromatic rings. The molecule has 1 amide bonds. The van der Waals surface area contributed by atoms with Gasteiger partial charge in [-0.1, -0.05) is 18.2 Å². The van der Waals surface area contributed by atoms with Crippen LogP contribution < -0.4 is 10.2 Å². The lowest BCUT2D eigenvalue weighted by atomic mass is 10.2. The highest BCUT2D eigenvalue weighted by Gasteiger charge is 2.21. The molecule has 1 N–H and O–H groups in total. The highest BCUT2D eigenvalue weighted by molar-refractivity contribution is 5.80. The first-order valence-electron chi connectivity index (χ1n) is 11.0. The zero-order valence-corrected chi connectivity index (χ0v) is 18.0. The molecule has 0 radical (unpaired) electrons. The van der Waals surface area contributed by atoms with E-state index in [0.29, 0.717) is 0 Å². The third kappa shape index (κ3) is 6.35. The zero-order valence-electron chi connectivity index (χ0n) is 18.0. The highest BCUT2D eigenvalue weighted by Crippen LogP contribution is 2.15. The van der Waals surface area contributed by atoms with Gasteiger partial charge in [0.1, 0.15) is 0 Å². The summed E-state index contributed by atoms with van der Waals surface area (Å²) in [6.45, 7) is 14.3. The van der Waals surface area contributed by atoms with Crippen LogP contribution in [0.5, 0.6) is 0 Å². The number of aliphatic imine (C=N–C) groups is 1. The van der Waals surface area contributed by atoms with Crippen LogP contribution in [0.1, 0.15) is 20.3 Å². The molecule has 0 aliphatic carbocycles. The Morgan fingerprint density at radius 2 is 1.62 bits per heavy atom. The second kappa shape index (κ2) is 11.0. The monoisotopic (exact) mass is 400 g/mol. The lowest BCUT2D eigenvalue weighted by Gasteiger charge is -2.36. The van der Waals surface area contributed by atoms with E-state index in [2.05, 4.69) is 57.3 Å². The van der Waals surface area contributed by atoms with Gasteiger partial charge in [0, 0.05) is 84.6 Å². The number of piperazine rings is 2. The van der Waals surface area contributed by atoms with Crippen LogP contribution in [0, 0.1) is 0 Å². The van der Waals surface area contributed by atoms with Crippen molar-refractivity contribution < 1.29 is 4.79 Å². The van der Waals surface area contributed by atoms with Gasteiger partial charge in [0.15, 0.2) is 5.96 Å². The minimum absolute atomic E-state index is 0.166. The van der Waals surface area contributed by atoms with Gasteiger partial charge < -0.3 is 20.0 Å². The van der Waals surface area contributed by atoms with Crippen molar-refractivity contribution in [1.29, 1.82) is 0 Å². The molecule has 0 aromatic heterocycles. The predicted octanol–water partition coefficient (Wildman–Crippen LogP) is 1.33. The van der Waals surface area contributed by atoms with Crippen molar-refractivity contribution in [2.75, 3.05) is 76.9 Å². The molecule has 7 heteroatoms. The number of hydrogen-bond donors (Lipinski definition) is 1. The van der Waals surface area contributed by atoms with Crippen LogP contribution in [0.3, 0.4) is 0 Å². The standard InChI is InChI=1S/C22H36N6O/c1-3-23-22(28-18-16-26(17-19-28)20(2)29)24-10-7-11-25-12-14-27(15-13-25)21-8-5-4-6-9-21/h4-6,8-9H,3,7,10-19H2,1-2H3,(H,23,24). The van der Waals surface area contributed by atoms with Crippen LogP contribution in [-0.4, -0.2) is 98.6 Å². The summed E-state index contributed by atoms with van der Waals surface area (Å²) in [6.07, 6.45) is 1.08. The predicted molar refractivity (Wildman–Crippen MR) is 120 cm³/mol. The quantitative estimate of drug-likeness (QED) is 0.444. The topological polar surface area (TPSA) is 54.4 Å². The normalized spacial score (nSPS) is 18.8. The SMILES string of the molecule is CCNC(=NCCCN1CCN(c2ccccc2)CC1)N1CCN(C(C)=O)CC1. The smallest absolute Gasteiger partial charge is 0.219 e. The van der Waals surface area contributed by atoms with Gasteiger partial charge >= 0.3 is 0 Å². The number of benzene rings is 1. The third-order valence-electron chi connectivity index (χ3n) is 5.75. The van der Waals surface area contributed by atoms with Gasteiger partial charge in [-0.15, -0.1) is 0 Å². The summed E-state index contributed by atoms with van der Waals surface area (Å²) in [5.41, 5.74) is 1.33. The average molecular weight is 401 g/mol. The summed E-state index contributed by atoms with van der Waals surface area (Å²) in [4.78, 5) is 25.6. The molecule has 160 valence electrons. The van der Waals surface area contributed by atoms with E-state index in [1.54, 1.807) is 6.92 Å². The number of nitrogens with zero attached hydrogens (tertiary/aromatic N) is 5. The molecule has 2 aliphatic heterocycles. The maximum Gasteiger partial charge on any atom is 0.219 e. The van der Waals surface area contributed by atoms with E-state index in [-0.39, 0.29) is 5.91 Å². The fourth-order valence-corrected chi connectivity index (χ4v) is 4.01. The molecule has 2 aliphatic rings. The molecule has 0 bridgehead atoms. The maximum absolute atomic E-state index is 11.5. The number of guanidine groups is 1. The van der Waals surface area contributed by atoms with E-state index in [1.165, 1.54) is 5.69 Å². The molecule has 2 fully saturated rings. The van der Waals surface area contributed by atoms with E-state index < -0.39 is 0 Å². The second-order valence-electron chi connectivity index (χ2n) is 7.75. The highest BCUT2D eigenvalue weighted by atomic mass is 16.2. The van der Waals surface area contributed by atoms with E-state index in [1.807, 2.05) is 4.90 Å². The lowest BCUT2D eigenvalue weighted by molar-refractivity contribution is -0.130. The number of amides is 1. The van der Waals surface area contributed by atoms with Gasteiger partial charge in [0.25, 0.3) is 0 Å². The number of carbonyl (C=O) groups excluding carboxylic acids is 1. The summed E-state index contributed by atoms with van der Waals surface area (Å²) in [7, 11) is 0. The van der Waals surface area contributed by atoms with E-state index in [9.17, 15) is 4.79 Å². The van der Waals surface area contributed by atoms with Crippen LogP contribution in [0.2, 0.25) is 0 Å². The lowest BCUT2D eigenvalue weighted by Crippen LogP contribution is -2.53. The molecule has 0 spiro atoms. The minimum atomic E-state index is 0.166. The van der Waals surface area contributed by atoms with Gasteiger partial charge in [-0.25, -0.2) is 0 Å². The average Bonchev–Trinajstić information content (AvgIpc) is 2.77. The van der Waals surface area contributed by atoms with E-state index >= 15 is 0 Å². The van der Waals surface area contributed by atoms with Crippen LogP contribution in [0.4, 0.5) is 5.69 Å². The summed E-state index contributed by atoms with van der Waals surface area (Å²) in [5.74, 6) is 1.16. The van der Waals surface area contributed by atoms with Crippen molar-refractivity contribution >= 4 is 17.6 Å². The fourth-order valence-electron chi connectivity index (χ4n) is 4.01. The van der Waals surface area contributed by atoms with Crippen molar-refractivity contribution in [2.24, 2.45) is 4.99 Å². The molecule has 1 aromatic carbocycles. The Morgan fingerprint density at radius 1 is 0.966 bits per heavy atom. The van der Waals surface area contributed by atoms with Gasteiger partial charge in [0.2, 0.25) is 5.91 Å². The number of hydrogen-bond acceptors (Lipinski definition) is 4. The molecule has 0 atom stereocenters. The summed E-state index contributed by atoms with van der Waals surface area (Å²) in [6, 6.07) is 10.7. The molecule has 0 saturated carbocycles. The first kappa shape index (κ1) is 21.4. The Labute approximate surface area is 175 Å². The molecular weight excluding hydrogens is 364 g/mol. The maximum atomic E-state index is 11.5. The Hall–Kier alpha value is -2.28. The zero-order chi connectivity index (χ0) is 20.5. The fraction of sp³-hybridized carbons (Fsp3) is 0.636. The second-order valence-corrected chi connectivity index (χ2v) is 7.75. The van der Waals surface area contributed by atoms with Crippen molar-refractivity contribution in [2.45, 2.75) is 20.3 Å². The molecule has 0 unspecified atom stereocenters. The van der Waals surface area contributed by atoms with E-state index in [0.717, 1.165) is 84.4 Å². The largest absolute Gasteiger partial charge is 0.369 e. The molecule has 2 saturated heterocycles. The molecular formula is C22H36N6O. The van der Waals surface area contributed by atoms with Crippen molar-refractivity contribution in [3.8, 4) is 0 Å². The summed E-state index contributed by atoms with van der Waals surface area (Å²) < 4.78 is 0. The minimum Gasteiger partial charge on any atom is -0.369 e. The van der Waals surface area contributed by atoms with Gasteiger partial charge in [-0.05, 0) is 25.5 Å². The van der Waals surface area contributed by atoms with Gasteiger partial charge in [-0.2, -0.15) is 0 Å². The molecule has 2 heterocycles. The van der Waals surface area contributed by atoms with Crippen LogP contribution in [0.25, 0.3) is 0 Å². The number of anilines is 1. The van der Waals surface area contributed by atoms with E-state index in [4.69, 9.17) is 4.99 Å². The van der Waals surface area contributed by atoms with Crippen molar-refractivity contribution in [3.05, 3.63) is 30.3 Å². The number of para-hydroxylation sites is 1. The number of carbonyl (C=O) groups is 1. The number of nitrogens with one attached hydrogen (secondary N) is 1. The summed E-state index contributed by atoms with van der Waals surface area (Å²) in [5, 5.41) is 3.41. The van der Waals surface area contributed by atoms with Gasteiger partial charge in [-0.3, -0.25) is 14.7 Å². The Bertz CT molecular complexity index is 649. The van der Waals surface area contributed by atoms with Crippen LogP contribution in [-0.2, 0) is 4.79 Å².